The van der Waals surface area contributed by atoms with Gasteiger partial charge in [0.25, 0.3) is 47.3 Å². The zero-order chi connectivity index (χ0) is 98.8. The van der Waals surface area contributed by atoms with Crippen molar-refractivity contribution in [3.63, 3.8) is 0 Å². The molecule has 5 heterocycles. The molecule has 1 N–H and O–H groups in total. The smallest absolute Gasteiger partial charge is 0.336 e. The van der Waals surface area contributed by atoms with Crippen LogP contribution in [-0.2, 0) is 5.92 Å². The summed E-state index contributed by atoms with van der Waals surface area (Å²) in [5.74, 6) is -139. The van der Waals surface area contributed by atoms with Crippen LogP contribution >= 0.6 is 0 Å². The minimum absolute atomic E-state index is 0.170. The van der Waals surface area contributed by atoms with Crippen LogP contribution in [0.25, 0.3) is 0 Å². The van der Waals surface area contributed by atoms with Gasteiger partial charge in [-0.15, -0.1) is 0 Å². The summed E-state index contributed by atoms with van der Waals surface area (Å²) in [5.41, 5.74) is -15.2. The number of fused-ring (bicyclic) bond motifs is 4. The molecule has 4 aliphatic heterocycles. The molecular weight excluding hydrogens is 1910 g/mol. The van der Waals surface area contributed by atoms with E-state index in [4.69, 9.17) is 5.41 Å². The van der Waals surface area contributed by atoms with Gasteiger partial charge in [0.15, 0.2) is 5.84 Å². The number of imide groups is 4. The zero-order valence-electron chi connectivity index (χ0n) is 60.9. The number of benzene rings is 4. The Morgan fingerprint density at radius 2 is 0.519 bits per heavy atom. The second-order valence-electron chi connectivity index (χ2n) is 27.5. The molecule has 0 radical (unpaired) electrons. The maximum absolute atomic E-state index is 16.2. The fourth-order valence-electron chi connectivity index (χ4n) is 12.2. The molecule has 708 valence electrons. The molecule has 4 aliphatic rings. The van der Waals surface area contributed by atoms with Gasteiger partial charge in [0.2, 0.25) is 5.82 Å². The number of nitrogens with zero attached hydrogens (tertiary/aromatic N) is 9. The maximum atomic E-state index is 16.2. The van der Waals surface area contributed by atoms with Crippen molar-refractivity contribution in [3.05, 3.63) is 136 Å². The van der Waals surface area contributed by atoms with E-state index in [-0.39, 0.29) is 52.7 Å². The summed E-state index contributed by atoms with van der Waals surface area (Å²) < 4.78 is 623. The highest BCUT2D eigenvalue weighted by molar-refractivity contribution is 6.24. The molecule has 129 heavy (non-hydrogen) atoms. The van der Waals surface area contributed by atoms with E-state index >= 15 is 35.1 Å². The molecule has 0 fully saturated rings. The van der Waals surface area contributed by atoms with E-state index in [0.29, 0.717) is 48.5 Å². The second kappa shape index (κ2) is 31.3. The Morgan fingerprint density at radius 1 is 0.295 bits per heavy atom. The Balaban J connectivity index is 1.05. The quantitative estimate of drug-likeness (QED) is 0.0184. The fourth-order valence-corrected chi connectivity index (χ4v) is 12.2. The third-order valence-corrected chi connectivity index (χ3v) is 19.5. The van der Waals surface area contributed by atoms with Crippen LogP contribution in [0.2, 0.25) is 0 Å². The summed E-state index contributed by atoms with van der Waals surface area (Å²) in [4.78, 5) is 114. The maximum Gasteiger partial charge on any atom is 0.460 e. The normalized spacial score (nSPS) is 16.4. The van der Waals surface area contributed by atoms with Gasteiger partial charge in [-0.3, -0.25) is 63.4 Å². The van der Waals surface area contributed by atoms with E-state index < -0.39 is 329 Å². The van der Waals surface area contributed by atoms with E-state index in [2.05, 4.69) is 15.0 Å². The summed E-state index contributed by atoms with van der Waals surface area (Å²) in [6, 6.07) is 3.87. The highest BCUT2D eigenvalue weighted by Crippen LogP contribution is 2.61. The second-order valence-corrected chi connectivity index (χ2v) is 27.5. The Hall–Kier alpha value is -11.6. The van der Waals surface area contributed by atoms with E-state index in [1.165, 1.54) is 0 Å². The van der Waals surface area contributed by atoms with Crippen LogP contribution in [0.3, 0.4) is 0 Å². The van der Waals surface area contributed by atoms with Crippen molar-refractivity contribution in [2.24, 2.45) is 4.99 Å². The molecule has 0 spiro atoms. The molecule has 0 bridgehead atoms. The number of nitrogens with one attached hydrogen (secondary N) is 1. The van der Waals surface area contributed by atoms with Crippen LogP contribution in [0.15, 0.2) is 90.2 Å². The molecule has 18 nitrogen and oxygen atoms in total. The Morgan fingerprint density at radius 3 is 0.760 bits per heavy atom. The minimum atomic E-state index is -7.86. The molecule has 0 saturated heterocycles. The van der Waals surface area contributed by atoms with E-state index in [9.17, 15) is 196 Å². The summed E-state index contributed by atoms with van der Waals surface area (Å²) in [5, 5.41) is 7.67. The Kier molecular flexibility index (Phi) is 24.6. The zero-order valence-corrected chi connectivity index (χ0v) is 60.9. The van der Waals surface area contributed by atoms with Crippen molar-refractivity contribution in [2.45, 2.75) is 145 Å². The number of carbonyl (C=O) groups is 8. The van der Waals surface area contributed by atoms with Crippen molar-refractivity contribution < 1.29 is 232 Å². The van der Waals surface area contributed by atoms with E-state index in [1.807, 2.05) is 0 Å². The number of rotatable bonds is 32. The van der Waals surface area contributed by atoms with Crippen LogP contribution in [0.5, 0.6) is 0 Å². The fraction of sp³-hybridized carbons (Fsp3) is 0.433. The van der Waals surface area contributed by atoms with Crippen LogP contribution < -0.4 is 9.80 Å². The molecule has 0 unspecified atom stereocenters. The van der Waals surface area contributed by atoms with Gasteiger partial charge in [-0.2, -0.15) is 193 Å². The van der Waals surface area contributed by atoms with E-state index in [1.54, 1.807) is 0 Å². The van der Waals surface area contributed by atoms with Crippen molar-refractivity contribution >= 4 is 87.7 Å². The van der Waals surface area contributed by atoms with Gasteiger partial charge in [-0.05, 0) is 72.8 Å². The predicted molar refractivity (Wildman–Crippen MR) is 335 cm³/mol. The lowest BCUT2D eigenvalue weighted by Gasteiger charge is -2.35. The number of hydrogen-bond acceptors (Lipinski definition) is 13. The average Bonchev–Trinajstić information content (AvgIpc) is 1.50. The molecule has 9 rings (SSSR count). The van der Waals surface area contributed by atoms with Gasteiger partial charge >= 0.3 is 119 Å². The highest BCUT2D eigenvalue weighted by Gasteiger charge is 2.87. The lowest BCUT2D eigenvalue weighted by molar-refractivity contribution is -0.396. The van der Waals surface area contributed by atoms with Crippen molar-refractivity contribution in [1.82, 2.24) is 29.6 Å². The van der Waals surface area contributed by atoms with Crippen molar-refractivity contribution in [1.29, 1.82) is 5.41 Å². The first-order chi connectivity index (χ1) is 57.9. The molecule has 0 aliphatic carbocycles. The van der Waals surface area contributed by atoms with Gasteiger partial charge in [-0.1, -0.05) is 0 Å². The predicted octanol–water partition coefficient (Wildman–Crippen LogP) is 19.6. The molecule has 1 aromatic heterocycles. The van der Waals surface area contributed by atoms with Gasteiger partial charge in [-0.25, -0.2) is 15.0 Å². The third-order valence-electron chi connectivity index (χ3n) is 19.5. The van der Waals surface area contributed by atoms with Crippen LogP contribution in [-0.4, -0.2) is 235 Å². The monoisotopic (exact) mass is 1940 g/mol. The summed E-state index contributed by atoms with van der Waals surface area (Å²) in [7, 11) is 0. The molecule has 5 aromatic rings. The third kappa shape index (κ3) is 15.7. The number of hydrogen-bond donors (Lipinski definition) is 1. The van der Waals surface area contributed by atoms with Gasteiger partial charge in [0.05, 0.1) is 69.1 Å². The molecule has 8 amide bonds. The van der Waals surface area contributed by atoms with Gasteiger partial charge in [0, 0.05) is 80.8 Å². The standard InChI is InChI=1S/C67H34F44N10O8/c68-48(69,54(80,81)60(92,93)64(100,101)102)9-14-117-38(122)30-5-1-25(19-34(30)42(117)126)116(26-2-6-31-35(20-26)43(127)118(39(31)123)15-10-49(70,71)55(82,83)61(94,95)65(103,104)105)18-13-113-46(112)52(76,77)58(88,89)59(90,91)53(78,79)47-114-23-29(24-115-47)121(27-3-7-32-36(21-27)44(128)119(40(32)124)16-11-50(72,73)56(84,85)62(96,97)66(106,107)108)28-4-8-33-37(22-28)45(129)120(41(33)125)17-12-51(74,75)57(86,87)63(98,99)67(109,110)111/h1-8,13,19-24,112H,9-12,14-18H2. The lowest BCUT2D eigenvalue weighted by Crippen LogP contribution is -2.63. The highest BCUT2D eigenvalue weighted by atomic mass is 19.5. The largest absolute Gasteiger partial charge is 0.460 e. The summed E-state index contributed by atoms with van der Waals surface area (Å²) >= 11 is 0. The number of anilines is 5. The SMILES string of the molecule is N=C(N=CCN(c1ccc2c(c1)C(=O)N(CCC(F)(F)C(F)(F)C(F)(F)C(F)(F)F)C2=O)c1ccc2c(c1)C(=O)N(CCC(F)(F)C(F)(F)C(F)(F)C(F)(F)F)C2=O)C(F)(F)C(F)(F)C(F)(F)C(F)(F)c1ncc(N(c2ccc3c(c2)C(=O)N(CCC(F)(F)C(F)(F)C(F)(F)C(F)(F)F)C3=O)c2ccc3c(c2)C(=O)N(CCC(F)(F)C(F)(F)C(F)(F)C(F)(F)F)C3=O)cn1. The Bertz CT molecular complexity index is 5140. The first kappa shape index (κ1) is 101. The van der Waals surface area contributed by atoms with Crippen LogP contribution in [0, 0.1) is 5.41 Å². The molecule has 4 aromatic carbocycles. The van der Waals surface area contributed by atoms with Crippen LogP contribution in [0.1, 0.15) is 114 Å². The first-order valence-electron chi connectivity index (χ1n) is 33.7. The number of aliphatic imine (C=N–C) groups is 1. The molecule has 0 saturated carbocycles. The summed E-state index contributed by atoms with van der Waals surface area (Å²) in [6.07, 6.45) is -42.6. The number of aromatic nitrogens is 2. The molecular formula is C67H34F44N10O8. The lowest BCUT2D eigenvalue weighted by atomic mass is 9.97. The Labute approximate surface area is 681 Å². The average molecular weight is 1940 g/mol. The number of carbonyl (C=O) groups excluding carboxylic acids is 8. The summed E-state index contributed by atoms with van der Waals surface area (Å²) in [6.45, 7) is -10.7. The molecule has 62 heteroatoms. The number of amides is 8. The topological polar surface area (TPSA) is 218 Å². The van der Waals surface area contributed by atoms with Crippen LogP contribution in [0.4, 0.5) is 222 Å². The number of halogens is 44. The van der Waals surface area contributed by atoms with E-state index in [0.717, 1.165) is 0 Å². The van der Waals surface area contributed by atoms with Gasteiger partial charge in [0.1, 0.15) is 0 Å². The minimum Gasteiger partial charge on any atom is -0.336 e. The van der Waals surface area contributed by atoms with Crippen molar-refractivity contribution in [2.75, 3.05) is 42.5 Å². The number of amidine groups is 1. The van der Waals surface area contributed by atoms with Crippen molar-refractivity contribution in [3.8, 4) is 0 Å². The first-order valence-corrected chi connectivity index (χ1v) is 33.7. The number of alkyl halides is 44. The van der Waals surface area contributed by atoms with Gasteiger partial charge < -0.3 is 9.80 Å². The molecule has 0 atom stereocenters.